The second kappa shape index (κ2) is 4.95. The highest BCUT2D eigenvalue weighted by Crippen LogP contribution is 2.24. The fraction of sp³-hybridized carbons (Fsp3) is 0.538. The zero-order chi connectivity index (χ0) is 14.0. The van der Waals surface area contributed by atoms with Crippen molar-refractivity contribution in [1.29, 1.82) is 0 Å². The molecule has 0 bridgehead atoms. The van der Waals surface area contributed by atoms with Gasteiger partial charge >= 0.3 is 6.09 Å². The van der Waals surface area contributed by atoms with Gasteiger partial charge in [0.15, 0.2) is 0 Å². The summed E-state index contributed by atoms with van der Waals surface area (Å²) in [5.41, 5.74) is 6.48. The normalized spacial score (nSPS) is 18.2. The van der Waals surface area contributed by atoms with E-state index >= 15 is 0 Å². The van der Waals surface area contributed by atoms with Crippen molar-refractivity contribution in [3.05, 3.63) is 18.0 Å². The van der Waals surface area contributed by atoms with Gasteiger partial charge in [-0.3, -0.25) is 4.98 Å². The Labute approximate surface area is 112 Å². The largest absolute Gasteiger partial charge is 0.489 e. The van der Waals surface area contributed by atoms with Gasteiger partial charge < -0.3 is 20.5 Å². The number of alkyl carbamates (subject to hydrolysis) is 1. The lowest BCUT2D eigenvalue weighted by Gasteiger charge is -2.27. The maximum Gasteiger partial charge on any atom is 0.408 e. The van der Waals surface area contributed by atoms with Crippen LogP contribution < -0.4 is 15.8 Å². The van der Waals surface area contributed by atoms with Gasteiger partial charge in [0, 0.05) is 12.5 Å². The Morgan fingerprint density at radius 1 is 1.58 bits per heavy atom. The van der Waals surface area contributed by atoms with E-state index in [0.29, 0.717) is 24.5 Å². The minimum absolute atomic E-state index is 0.140. The third-order valence-electron chi connectivity index (χ3n) is 2.55. The number of carbonyl (C=O) groups excluding carboxylic acids is 1. The minimum Gasteiger partial charge on any atom is -0.489 e. The third-order valence-corrected chi connectivity index (χ3v) is 2.55. The van der Waals surface area contributed by atoms with Gasteiger partial charge in [-0.25, -0.2) is 4.79 Å². The number of anilines is 1. The number of amides is 1. The van der Waals surface area contributed by atoms with Gasteiger partial charge in [-0.1, -0.05) is 0 Å². The summed E-state index contributed by atoms with van der Waals surface area (Å²) >= 11 is 0. The number of rotatable bonds is 1. The van der Waals surface area contributed by atoms with Crippen LogP contribution in [0.3, 0.4) is 0 Å². The molecule has 0 aliphatic carbocycles. The molecule has 1 aliphatic heterocycles. The van der Waals surface area contributed by atoms with Crippen molar-refractivity contribution in [3.8, 4) is 5.75 Å². The van der Waals surface area contributed by atoms with Gasteiger partial charge in [0.2, 0.25) is 0 Å². The summed E-state index contributed by atoms with van der Waals surface area (Å²) in [7, 11) is 0. The van der Waals surface area contributed by atoms with Gasteiger partial charge in [-0.15, -0.1) is 0 Å². The Balaban J connectivity index is 1.95. The number of hydrogen-bond donors (Lipinski definition) is 2. The maximum absolute atomic E-state index is 11.7. The molecule has 2 rings (SSSR count). The number of nitrogens with two attached hydrogens (primary N) is 1. The summed E-state index contributed by atoms with van der Waals surface area (Å²) in [5, 5.41) is 2.77. The minimum atomic E-state index is -0.510. The molecular formula is C13H19N3O3. The molecule has 1 amide bonds. The van der Waals surface area contributed by atoms with Crippen LogP contribution in [0.1, 0.15) is 26.5 Å². The van der Waals surface area contributed by atoms with E-state index in [-0.39, 0.29) is 6.04 Å². The van der Waals surface area contributed by atoms with Crippen molar-refractivity contribution in [2.24, 2.45) is 0 Å². The van der Waals surface area contributed by atoms with Gasteiger partial charge in [0.25, 0.3) is 0 Å². The van der Waals surface area contributed by atoms with Crippen molar-refractivity contribution in [3.63, 3.8) is 0 Å². The van der Waals surface area contributed by atoms with Crippen LogP contribution in [0.4, 0.5) is 10.5 Å². The Kier molecular flexibility index (Phi) is 3.50. The molecule has 104 valence electrons. The molecule has 1 aromatic heterocycles. The molecule has 6 heteroatoms. The molecule has 2 heterocycles. The van der Waals surface area contributed by atoms with Crippen LogP contribution in [0.2, 0.25) is 0 Å². The second-order valence-corrected chi connectivity index (χ2v) is 5.57. The van der Waals surface area contributed by atoms with Crippen molar-refractivity contribution in [1.82, 2.24) is 10.3 Å². The molecule has 0 aromatic carbocycles. The molecule has 0 spiro atoms. The van der Waals surface area contributed by atoms with Crippen LogP contribution in [0.15, 0.2) is 12.3 Å². The van der Waals surface area contributed by atoms with E-state index in [1.54, 1.807) is 12.3 Å². The number of nitrogens with zero attached hydrogens (tertiary/aromatic N) is 1. The van der Waals surface area contributed by atoms with E-state index in [1.807, 2.05) is 20.8 Å². The van der Waals surface area contributed by atoms with E-state index < -0.39 is 11.7 Å². The maximum atomic E-state index is 11.7. The fourth-order valence-electron chi connectivity index (χ4n) is 1.82. The summed E-state index contributed by atoms with van der Waals surface area (Å²) in [6.45, 7) is 5.86. The van der Waals surface area contributed by atoms with Gasteiger partial charge in [0.05, 0.1) is 23.6 Å². The molecule has 0 saturated carbocycles. The predicted molar refractivity (Wildman–Crippen MR) is 71.0 cm³/mol. The first-order valence-electron chi connectivity index (χ1n) is 6.20. The highest BCUT2D eigenvalue weighted by atomic mass is 16.6. The highest BCUT2D eigenvalue weighted by molar-refractivity contribution is 5.68. The van der Waals surface area contributed by atoms with Crippen LogP contribution in [-0.2, 0) is 11.2 Å². The lowest BCUT2D eigenvalue weighted by Crippen LogP contribution is -2.45. The first kappa shape index (κ1) is 13.5. The summed E-state index contributed by atoms with van der Waals surface area (Å²) < 4.78 is 10.7. The number of pyridine rings is 1. The van der Waals surface area contributed by atoms with Crippen molar-refractivity contribution in [2.75, 3.05) is 12.3 Å². The van der Waals surface area contributed by atoms with E-state index in [0.717, 1.165) is 5.69 Å². The van der Waals surface area contributed by atoms with Crippen molar-refractivity contribution >= 4 is 11.8 Å². The van der Waals surface area contributed by atoms with E-state index in [4.69, 9.17) is 15.2 Å². The predicted octanol–water partition coefficient (Wildman–Crippen LogP) is 1.49. The van der Waals surface area contributed by atoms with Gasteiger partial charge in [-0.2, -0.15) is 0 Å². The number of fused-ring (bicyclic) bond motifs is 1. The number of ether oxygens (including phenoxy) is 2. The van der Waals surface area contributed by atoms with Crippen molar-refractivity contribution < 1.29 is 14.3 Å². The van der Waals surface area contributed by atoms with Crippen LogP contribution in [0, 0.1) is 0 Å². The molecular weight excluding hydrogens is 246 g/mol. The average Bonchev–Trinajstić information content (AvgIpc) is 2.26. The Morgan fingerprint density at radius 2 is 2.32 bits per heavy atom. The molecule has 1 unspecified atom stereocenters. The lowest BCUT2D eigenvalue weighted by atomic mass is 10.1. The Hall–Kier alpha value is -1.98. The molecule has 0 fully saturated rings. The van der Waals surface area contributed by atoms with E-state index in [1.165, 1.54) is 0 Å². The number of nitrogens with one attached hydrogen (secondary N) is 1. The molecule has 1 aliphatic rings. The van der Waals surface area contributed by atoms with Gasteiger partial charge in [-0.05, 0) is 20.8 Å². The molecule has 0 radical (unpaired) electrons. The quantitative estimate of drug-likeness (QED) is 0.803. The summed E-state index contributed by atoms with van der Waals surface area (Å²) in [6, 6.07) is 1.60. The van der Waals surface area contributed by atoms with Crippen LogP contribution in [0.25, 0.3) is 0 Å². The summed E-state index contributed by atoms with van der Waals surface area (Å²) in [6.07, 6.45) is 1.74. The topological polar surface area (TPSA) is 86.5 Å². The zero-order valence-corrected chi connectivity index (χ0v) is 11.4. The summed E-state index contributed by atoms with van der Waals surface area (Å²) in [5.74, 6) is 0.683. The average molecular weight is 265 g/mol. The third kappa shape index (κ3) is 3.74. The number of hydrogen-bond acceptors (Lipinski definition) is 5. The van der Waals surface area contributed by atoms with Crippen LogP contribution in [-0.4, -0.2) is 29.3 Å². The van der Waals surface area contributed by atoms with Crippen molar-refractivity contribution in [2.45, 2.75) is 38.8 Å². The molecule has 1 atom stereocenters. The number of carbonyl (C=O) groups is 1. The molecule has 0 saturated heterocycles. The molecule has 1 aromatic rings. The first-order chi connectivity index (χ1) is 8.83. The number of nitrogen functional groups attached to an aromatic ring is 1. The first-order valence-corrected chi connectivity index (χ1v) is 6.20. The molecule has 3 N–H and O–H groups in total. The summed E-state index contributed by atoms with van der Waals surface area (Å²) in [4.78, 5) is 15.9. The van der Waals surface area contributed by atoms with Crippen LogP contribution in [0.5, 0.6) is 5.75 Å². The smallest absolute Gasteiger partial charge is 0.408 e. The van der Waals surface area contributed by atoms with Crippen LogP contribution >= 0.6 is 0 Å². The monoisotopic (exact) mass is 265 g/mol. The van der Waals surface area contributed by atoms with Gasteiger partial charge in [0.1, 0.15) is 18.0 Å². The standard InChI is InChI=1S/C13H19N3O3/c1-13(2,3)19-12(17)16-9-5-10-11(18-7-9)4-8(14)6-15-10/h4,6,9H,5,7,14H2,1-3H3,(H,16,17). The lowest BCUT2D eigenvalue weighted by molar-refractivity contribution is 0.0481. The fourth-order valence-corrected chi connectivity index (χ4v) is 1.82. The molecule has 19 heavy (non-hydrogen) atoms. The van der Waals surface area contributed by atoms with E-state index in [2.05, 4.69) is 10.3 Å². The SMILES string of the molecule is CC(C)(C)OC(=O)NC1COc2cc(N)cnc2C1. The van der Waals surface area contributed by atoms with E-state index in [9.17, 15) is 4.79 Å². The Bertz CT molecular complexity index is 483. The second-order valence-electron chi connectivity index (χ2n) is 5.57. The highest BCUT2D eigenvalue weighted by Gasteiger charge is 2.25. The Morgan fingerprint density at radius 3 is 3.00 bits per heavy atom. The molecule has 6 nitrogen and oxygen atoms in total. The zero-order valence-electron chi connectivity index (χ0n) is 11.4. The number of aromatic nitrogens is 1.